The lowest BCUT2D eigenvalue weighted by Crippen LogP contribution is -2.36. The summed E-state index contributed by atoms with van der Waals surface area (Å²) in [5.41, 5.74) is 4.75. The quantitative estimate of drug-likeness (QED) is 0.752. The third kappa shape index (κ3) is 2.24. The molecule has 0 aliphatic carbocycles. The molecule has 2 aliphatic heterocycles. The molecule has 0 amide bonds. The largest absolute Gasteiger partial charge is 0.358 e. The first-order chi connectivity index (χ1) is 12.3. The Morgan fingerprint density at radius 1 is 1.20 bits per heavy atom. The van der Waals surface area contributed by atoms with E-state index in [0.717, 1.165) is 33.6 Å². The van der Waals surface area contributed by atoms with Crippen LogP contribution in [0.4, 0.5) is 0 Å². The second-order valence-corrected chi connectivity index (χ2v) is 6.16. The zero-order valence-electron chi connectivity index (χ0n) is 13.5. The summed E-state index contributed by atoms with van der Waals surface area (Å²) in [5, 5.41) is 11.7. The monoisotopic (exact) mass is 329 g/mol. The van der Waals surface area contributed by atoms with E-state index in [2.05, 4.69) is 43.5 Å². The molecule has 0 fully saturated rings. The van der Waals surface area contributed by atoms with E-state index in [0.29, 0.717) is 5.65 Å². The molecule has 0 radical (unpaired) electrons. The lowest BCUT2D eigenvalue weighted by Gasteiger charge is -2.12. The molecule has 3 aromatic rings. The highest BCUT2D eigenvalue weighted by Gasteiger charge is 2.29. The lowest BCUT2D eigenvalue weighted by molar-refractivity contribution is 0.736. The predicted octanol–water partition coefficient (Wildman–Crippen LogP) is 2.01. The first kappa shape index (κ1) is 14.0. The number of fused-ring (bicyclic) bond motifs is 2. The average Bonchev–Trinajstić information content (AvgIpc) is 3.25. The molecule has 5 heterocycles. The highest BCUT2D eigenvalue weighted by atomic mass is 15.2. The third-order valence-electron chi connectivity index (χ3n) is 4.56. The van der Waals surface area contributed by atoms with Gasteiger partial charge in [-0.1, -0.05) is 0 Å². The van der Waals surface area contributed by atoms with Gasteiger partial charge in [0.1, 0.15) is 11.5 Å². The standard InChI is InChI=1S/C18H15N7/c1-10-2-4-19-8-13(10)11-6-12-16(24-25-17(12)21-7-11)18-22-14-3-5-20-9-15(14)23-18/h2-9,14-15H,1H3,(H,22,23)(H,21,24,25). The second-order valence-electron chi connectivity index (χ2n) is 6.16. The Morgan fingerprint density at radius 3 is 3.04 bits per heavy atom. The van der Waals surface area contributed by atoms with Crippen molar-refractivity contribution in [1.29, 1.82) is 0 Å². The number of amidine groups is 1. The topological polar surface area (TPSA) is 91.2 Å². The fraction of sp³-hybridized carbons (Fsp3) is 0.167. The molecule has 0 saturated carbocycles. The summed E-state index contributed by atoms with van der Waals surface area (Å²) in [4.78, 5) is 17.6. The van der Waals surface area contributed by atoms with Crippen molar-refractivity contribution in [3.8, 4) is 11.1 Å². The molecule has 3 aromatic heterocycles. The van der Waals surface area contributed by atoms with Gasteiger partial charge in [0.2, 0.25) is 0 Å². The van der Waals surface area contributed by atoms with Crippen LogP contribution in [0, 0.1) is 6.92 Å². The van der Waals surface area contributed by atoms with Crippen LogP contribution in [0.3, 0.4) is 0 Å². The highest BCUT2D eigenvalue weighted by molar-refractivity contribution is 6.09. The lowest BCUT2D eigenvalue weighted by atomic mass is 10.0. The maximum atomic E-state index is 4.74. The van der Waals surface area contributed by atoms with Crippen LogP contribution in [0.1, 0.15) is 11.3 Å². The minimum Gasteiger partial charge on any atom is -0.358 e. The van der Waals surface area contributed by atoms with Gasteiger partial charge in [-0.05, 0) is 30.7 Å². The summed E-state index contributed by atoms with van der Waals surface area (Å²) >= 11 is 0. The molecule has 0 aromatic carbocycles. The van der Waals surface area contributed by atoms with Crippen LogP contribution in [-0.2, 0) is 0 Å². The summed E-state index contributed by atoms with van der Waals surface area (Å²) in [5.74, 6) is 0.789. The van der Waals surface area contributed by atoms with Gasteiger partial charge < -0.3 is 5.32 Å². The summed E-state index contributed by atoms with van der Waals surface area (Å²) in [6.45, 7) is 2.07. The van der Waals surface area contributed by atoms with E-state index >= 15 is 0 Å². The van der Waals surface area contributed by atoms with Gasteiger partial charge in [0.15, 0.2) is 5.65 Å². The Kier molecular flexibility index (Phi) is 3.00. The average molecular weight is 329 g/mol. The van der Waals surface area contributed by atoms with Crippen molar-refractivity contribution >= 4 is 23.1 Å². The Bertz CT molecular complexity index is 1060. The molecule has 2 unspecified atom stereocenters. The summed E-state index contributed by atoms with van der Waals surface area (Å²) in [7, 11) is 0. The Balaban J connectivity index is 1.61. The van der Waals surface area contributed by atoms with Crippen molar-refractivity contribution in [2.24, 2.45) is 9.98 Å². The van der Waals surface area contributed by atoms with Crippen LogP contribution in [0.25, 0.3) is 22.2 Å². The zero-order valence-corrected chi connectivity index (χ0v) is 13.5. The van der Waals surface area contributed by atoms with Gasteiger partial charge in [0.05, 0.1) is 17.5 Å². The van der Waals surface area contributed by atoms with E-state index in [1.54, 1.807) is 12.4 Å². The maximum absolute atomic E-state index is 4.74. The maximum Gasteiger partial charge on any atom is 0.181 e. The molecule has 0 saturated heterocycles. The van der Waals surface area contributed by atoms with Crippen molar-refractivity contribution in [1.82, 2.24) is 25.5 Å². The van der Waals surface area contributed by atoms with Crippen molar-refractivity contribution < 1.29 is 0 Å². The summed E-state index contributed by atoms with van der Waals surface area (Å²) < 4.78 is 0. The molecule has 0 bridgehead atoms. The summed E-state index contributed by atoms with van der Waals surface area (Å²) in [6, 6.07) is 4.24. The predicted molar refractivity (Wildman–Crippen MR) is 96.7 cm³/mol. The van der Waals surface area contributed by atoms with E-state index in [1.807, 2.05) is 30.8 Å². The van der Waals surface area contributed by atoms with Crippen molar-refractivity contribution in [3.63, 3.8) is 0 Å². The van der Waals surface area contributed by atoms with Gasteiger partial charge in [-0.3, -0.25) is 20.1 Å². The molecule has 7 heteroatoms. The van der Waals surface area contributed by atoms with E-state index in [4.69, 9.17) is 4.99 Å². The molecular formula is C18H15N7. The van der Waals surface area contributed by atoms with Gasteiger partial charge in [0, 0.05) is 42.1 Å². The van der Waals surface area contributed by atoms with Gasteiger partial charge in [-0.2, -0.15) is 5.10 Å². The number of nitrogens with one attached hydrogen (secondary N) is 2. The van der Waals surface area contributed by atoms with Gasteiger partial charge in [0.25, 0.3) is 0 Å². The molecule has 2 N–H and O–H groups in total. The number of H-pyrrole nitrogens is 1. The fourth-order valence-corrected chi connectivity index (χ4v) is 3.21. The Hall–Kier alpha value is -3.35. The number of hydrogen-bond acceptors (Lipinski definition) is 6. The number of aromatic amines is 1. The van der Waals surface area contributed by atoms with Crippen LogP contribution < -0.4 is 5.32 Å². The van der Waals surface area contributed by atoms with Crippen molar-refractivity contribution in [3.05, 3.63) is 54.3 Å². The first-order valence-electron chi connectivity index (χ1n) is 8.09. The fourth-order valence-electron chi connectivity index (χ4n) is 3.21. The number of rotatable bonds is 2. The normalized spacial score (nSPS) is 21.2. The number of aryl methyl sites for hydroxylation is 1. The van der Waals surface area contributed by atoms with Gasteiger partial charge >= 0.3 is 0 Å². The summed E-state index contributed by atoms with van der Waals surface area (Å²) in [6.07, 6.45) is 11.1. The zero-order chi connectivity index (χ0) is 16.8. The molecule has 7 nitrogen and oxygen atoms in total. The van der Waals surface area contributed by atoms with E-state index in [-0.39, 0.29) is 12.1 Å². The number of nitrogens with zero attached hydrogens (tertiary/aromatic N) is 5. The Morgan fingerprint density at radius 2 is 2.16 bits per heavy atom. The van der Waals surface area contributed by atoms with E-state index in [1.165, 1.54) is 0 Å². The smallest absolute Gasteiger partial charge is 0.181 e. The molecule has 2 aliphatic rings. The van der Waals surface area contributed by atoms with Crippen LogP contribution in [0.5, 0.6) is 0 Å². The SMILES string of the molecule is Cc1ccncc1-c1cnc2n[nH]c(C3=NC4C=CN=CC4N3)c2c1. The van der Waals surface area contributed by atoms with E-state index < -0.39 is 0 Å². The molecular weight excluding hydrogens is 314 g/mol. The third-order valence-corrected chi connectivity index (χ3v) is 4.56. The van der Waals surface area contributed by atoms with Crippen molar-refractivity contribution in [2.45, 2.75) is 19.0 Å². The van der Waals surface area contributed by atoms with Crippen LogP contribution in [0.15, 0.2) is 53.0 Å². The Labute approximate surface area is 143 Å². The second kappa shape index (κ2) is 5.34. The van der Waals surface area contributed by atoms with Gasteiger partial charge in [-0.15, -0.1) is 0 Å². The molecule has 2 atom stereocenters. The number of pyridine rings is 2. The van der Waals surface area contributed by atoms with Crippen LogP contribution in [0.2, 0.25) is 0 Å². The van der Waals surface area contributed by atoms with Gasteiger partial charge in [-0.25, -0.2) is 4.98 Å². The van der Waals surface area contributed by atoms with Crippen molar-refractivity contribution in [2.75, 3.05) is 0 Å². The van der Waals surface area contributed by atoms with Crippen LogP contribution in [-0.4, -0.2) is 44.3 Å². The van der Waals surface area contributed by atoms with Crippen LogP contribution >= 0.6 is 0 Å². The minimum absolute atomic E-state index is 0.0718. The molecule has 122 valence electrons. The highest BCUT2D eigenvalue weighted by Crippen LogP contribution is 2.26. The number of aromatic nitrogens is 4. The molecule has 0 spiro atoms. The first-order valence-corrected chi connectivity index (χ1v) is 8.09. The minimum atomic E-state index is 0.0718. The number of aliphatic imine (C=N–C) groups is 2. The molecule has 25 heavy (non-hydrogen) atoms. The number of hydrogen-bond donors (Lipinski definition) is 2. The van der Waals surface area contributed by atoms with E-state index in [9.17, 15) is 0 Å². The molecule has 5 rings (SSSR count).